The molecule has 4 amide bonds. The molecule has 0 radical (unpaired) electrons. The number of hydrogen-bond acceptors (Lipinski definition) is 11. The van der Waals surface area contributed by atoms with Gasteiger partial charge < -0.3 is 20.3 Å². The highest BCUT2D eigenvalue weighted by Gasteiger charge is 2.61. The number of carbonyl (C=O) groups is 4. The van der Waals surface area contributed by atoms with E-state index in [1.54, 1.807) is 55.1 Å². The van der Waals surface area contributed by atoms with E-state index in [4.69, 9.17) is 4.74 Å². The van der Waals surface area contributed by atoms with Gasteiger partial charge in [-0.2, -0.15) is 18.4 Å². The van der Waals surface area contributed by atoms with Crippen molar-refractivity contribution in [1.29, 1.82) is 5.26 Å². The number of nitrogens with zero attached hydrogens (tertiary/aromatic N) is 5. The number of fused-ring (bicyclic) bond motifs is 1. The molecule has 18 heteroatoms. The van der Waals surface area contributed by atoms with Gasteiger partial charge in [0, 0.05) is 67.5 Å². The summed E-state index contributed by atoms with van der Waals surface area (Å²) in [6.07, 6.45) is -4.13. The second kappa shape index (κ2) is 16.1. The van der Waals surface area contributed by atoms with Crippen molar-refractivity contribution in [1.82, 2.24) is 15.1 Å². The molecule has 3 aromatic rings. The number of hydrogen-bond donors (Lipinski definition) is 3. The van der Waals surface area contributed by atoms with E-state index in [1.165, 1.54) is 34.9 Å². The van der Waals surface area contributed by atoms with Gasteiger partial charge >= 0.3 is 6.18 Å². The number of thioether (sulfide) groups is 1. The number of piperazine rings is 2. The lowest BCUT2D eigenvalue weighted by Gasteiger charge is -2.45. The van der Waals surface area contributed by atoms with Crippen molar-refractivity contribution >= 4 is 58.1 Å². The SMILES string of the molecule is C[C@@H]1CN(CCOc2ccc(N3C4SC4N(c4ccc(C#N)c(C(F)(F)F)c4)C(=O)C3(C)C)cc2F)CCN1CC(=O)Nc1cccc(NC2CCC(=O)NC2=O)c1. The van der Waals surface area contributed by atoms with Gasteiger partial charge in [0.2, 0.25) is 17.7 Å². The predicted octanol–water partition coefficient (Wildman–Crippen LogP) is 4.99. The summed E-state index contributed by atoms with van der Waals surface area (Å²) in [5.41, 5.74) is -1.18. The van der Waals surface area contributed by atoms with E-state index in [-0.39, 0.29) is 60.1 Å². The molecule has 0 bridgehead atoms. The summed E-state index contributed by atoms with van der Waals surface area (Å²) in [7, 11) is 0. The molecule has 306 valence electrons. The van der Waals surface area contributed by atoms with Gasteiger partial charge in [-0.1, -0.05) is 6.07 Å². The lowest BCUT2D eigenvalue weighted by molar-refractivity contribution is -0.138. The molecule has 3 unspecified atom stereocenters. The largest absolute Gasteiger partial charge is 0.489 e. The Morgan fingerprint density at radius 3 is 2.50 bits per heavy atom. The number of alkyl halides is 3. The first-order chi connectivity index (χ1) is 27.5. The van der Waals surface area contributed by atoms with E-state index in [2.05, 4.69) is 25.8 Å². The van der Waals surface area contributed by atoms with Crippen LogP contribution >= 0.6 is 11.8 Å². The molecule has 4 heterocycles. The highest BCUT2D eigenvalue weighted by atomic mass is 32.2. The van der Waals surface area contributed by atoms with Gasteiger partial charge in [-0.05, 0) is 75.7 Å². The minimum absolute atomic E-state index is 0.0429. The molecule has 0 saturated carbocycles. The number of rotatable bonds is 11. The Kier molecular flexibility index (Phi) is 11.3. The van der Waals surface area contributed by atoms with Crippen LogP contribution in [0.3, 0.4) is 0 Å². The molecule has 0 spiro atoms. The maximum Gasteiger partial charge on any atom is 0.417 e. The Morgan fingerprint density at radius 1 is 1.03 bits per heavy atom. The Morgan fingerprint density at radius 2 is 1.79 bits per heavy atom. The van der Waals surface area contributed by atoms with Crippen molar-refractivity contribution in [3.8, 4) is 11.8 Å². The van der Waals surface area contributed by atoms with E-state index in [0.717, 1.165) is 12.1 Å². The third kappa shape index (κ3) is 8.57. The minimum atomic E-state index is -4.77. The first kappa shape index (κ1) is 40.8. The van der Waals surface area contributed by atoms with Crippen molar-refractivity contribution in [2.45, 2.75) is 68.2 Å². The number of anilines is 4. The maximum absolute atomic E-state index is 15.5. The van der Waals surface area contributed by atoms with Crippen molar-refractivity contribution in [3.63, 3.8) is 0 Å². The number of imide groups is 1. The van der Waals surface area contributed by atoms with Gasteiger partial charge in [-0.3, -0.25) is 39.2 Å². The zero-order valence-electron chi connectivity index (χ0n) is 31.9. The second-order valence-electron chi connectivity index (χ2n) is 15.2. The van der Waals surface area contributed by atoms with Crippen LogP contribution in [0.1, 0.15) is 44.7 Å². The third-order valence-corrected chi connectivity index (χ3v) is 12.0. The van der Waals surface area contributed by atoms with E-state index in [0.29, 0.717) is 49.7 Å². The number of nitrogens with one attached hydrogen (secondary N) is 3. The molecule has 4 saturated heterocycles. The molecule has 4 fully saturated rings. The Hall–Kier alpha value is -5.38. The predicted molar refractivity (Wildman–Crippen MR) is 210 cm³/mol. The monoisotopic (exact) mass is 822 g/mol. The van der Waals surface area contributed by atoms with Crippen LogP contribution in [0.25, 0.3) is 0 Å². The second-order valence-corrected chi connectivity index (χ2v) is 16.5. The smallest absolute Gasteiger partial charge is 0.417 e. The summed E-state index contributed by atoms with van der Waals surface area (Å²) in [5.74, 6) is -1.89. The van der Waals surface area contributed by atoms with E-state index in [1.807, 2.05) is 6.92 Å². The highest BCUT2D eigenvalue weighted by molar-refractivity contribution is 8.08. The Bertz CT molecular complexity index is 2170. The van der Waals surface area contributed by atoms with E-state index in [9.17, 15) is 37.6 Å². The van der Waals surface area contributed by atoms with Gasteiger partial charge in [0.15, 0.2) is 11.6 Å². The summed E-state index contributed by atoms with van der Waals surface area (Å²) in [6.45, 7) is 8.19. The zero-order valence-corrected chi connectivity index (χ0v) is 32.8. The van der Waals surface area contributed by atoms with Gasteiger partial charge in [-0.25, -0.2) is 4.39 Å². The molecular formula is C40H42F4N8O5S. The fourth-order valence-corrected chi connectivity index (χ4v) is 8.99. The molecule has 3 N–H and O–H groups in total. The number of nitriles is 1. The third-order valence-electron chi connectivity index (χ3n) is 10.8. The fraction of sp³-hybridized carbons (Fsp3) is 0.425. The molecule has 4 aliphatic heterocycles. The number of amides is 4. The van der Waals surface area contributed by atoms with Gasteiger partial charge in [-0.15, -0.1) is 11.8 Å². The summed E-state index contributed by atoms with van der Waals surface area (Å²) in [6, 6.07) is 15.9. The lowest BCUT2D eigenvalue weighted by atomic mass is 9.95. The fourth-order valence-electron chi connectivity index (χ4n) is 7.71. The quantitative estimate of drug-likeness (QED) is 0.137. The van der Waals surface area contributed by atoms with Crippen LogP contribution in [0, 0.1) is 17.1 Å². The van der Waals surface area contributed by atoms with Gasteiger partial charge in [0.1, 0.15) is 28.9 Å². The summed E-state index contributed by atoms with van der Waals surface area (Å²) >= 11 is 1.36. The number of piperidine rings is 1. The zero-order chi connectivity index (χ0) is 41.5. The standard InChI is InChI=1S/C40H42F4N8O5S/c1-23-21-49(13-14-50(23)22-34(54)47-26-6-4-5-25(17-26)46-31-10-12-33(53)48-35(31)55)15-16-57-32-11-9-28(19-30(32)41)52-37-36(58-37)51(38(56)39(52,2)3)27-8-7-24(20-45)29(18-27)40(42,43)44/h4-9,11,17-19,23,31,36-37,46H,10,12-16,21-22H2,1-3H3,(H,47,54)(H,48,53,55)/t23-,31?,36?,37?/m1/s1. The molecule has 7 rings (SSSR count). The van der Waals surface area contributed by atoms with Crippen molar-refractivity contribution < 1.29 is 41.5 Å². The molecule has 0 aromatic heterocycles. The van der Waals surface area contributed by atoms with Crippen LogP contribution in [-0.2, 0) is 25.4 Å². The van der Waals surface area contributed by atoms with Crippen LogP contribution in [0.4, 0.5) is 40.3 Å². The van der Waals surface area contributed by atoms with E-state index < -0.39 is 46.0 Å². The highest BCUT2D eigenvalue weighted by Crippen LogP contribution is 2.56. The van der Waals surface area contributed by atoms with Crippen LogP contribution < -0.4 is 30.5 Å². The first-order valence-corrected chi connectivity index (χ1v) is 19.8. The normalized spacial score (nSPS) is 23.4. The van der Waals surface area contributed by atoms with Crippen LogP contribution in [0.2, 0.25) is 0 Å². The first-order valence-electron chi connectivity index (χ1n) is 18.8. The summed E-state index contributed by atoms with van der Waals surface area (Å²) in [5, 5.41) is 16.7. The lowest BCUT2D eigenvalue weighted by Crippen LogP contribution is -2.63. The molecule has 13 nitrogen and oxygen atoms in total. The van der Waals surface area contributed by atoms with Crippen molar-refractivity contribution in [3.05, 3.63) is 77.6 Å². The molecule has 4 atom stereocenters. The average Bonchev–Trinajstić information content (AvgIpc) is 3.94. The number of benzene rings is 3. The Labute approximate surface area is 336 Å². The van der Waals surface area contributed by atoms with Crippen LogP contribution in [-0.4, -0.2) is 101 Å². The summed E-state index contributed by atoms with van der Waals surface area (Å²) in [4.78, 5) is 57.8. The topological polar surface area (TPSA) is 150 Å². The summed E-state index contributed by atoms with van der Waals surface area (Å²) < 4.78 is 62.5. The van der Waals surface area contributed by atoms with E-state index >= 15 is 4.39 Å². The number of carbonyl (C=O) groups excluding carboxylic acids is 4. The molecule has 4 aliphatic rings. The van der Waals surface area contributed by atoms with Gasteiger partial charge in [0.05, 0.1) is 23.7 Å². The van der Waals surface area contributed by atoms with Gasteiger partial charge in [0.25, 0.3) is 5.91 Å². The molecular weight excluding hydrogens is 781 g/mol. The molecule has 58 heavy (non-hydrogen) atoms. The van der Waals surface area contributed by atoms with Crippen LogP contribution in [0.5, 0.6) is 5.75 Å². The van der Waals surface area contributed by atoms with Crippen molar-refractivity contribution in [2.24, 2.45) is 0 Å². The Balaban J connectivity index is 0.887. The minimum Gasteiger partial charge on any atom is -0.489 e. The molecule has 0 aliphatic carbocycles. The average molecular weight is 823 g/mol. The molecule has 3 aromatic carbocycles. The number of halogens is 4. The van der Waals surface area contributed by atoms with Crippen LogP contribution in [0.15, 0.2) is 60.7 Å². The number of ether oxygens (including phenoxy) is 1. The maximum atomic E-state index is 15.5. The van der Waals surface area contributed by atoms with Crippen molar-refractivity contribution in [2.75, 3.05) is 59.8 Å².